The minimum absolute atomic E-state index is 0.0569. The van der Waals surface area contributed by atoms with Gasteiger partial charge >= 0.3 is 0 Å². The molecule has 2 heterocycles. The van der Waals surface area contributed by atoms with Crippen LogP contribution in [0.4, 0.5) is 0 Å². The topological polar surface area (TPSA) is 38.1 Å². The molecule has 1 aromatic carbocycles. The van der Waals surface area contributed by atoms with E-state index in [0.717, 1.165) is 45.2 Å². The van der Waals surface area contributed by atoms with E-state index in [2.05, 4.69) is 38.7 Å². The molecule has 0 N–H and O–H groups in total. The van der Waals surface area contributed by atoms with Crippen molar-refractivity contribution in [3.05, 3.63) is 54.1 Å². The van der Waals surface area contributed by atoms with Crippen molar-refractivity contribution in [3.63, 3.8) is 0 Å². The van der Waals surface area contributed by atoms with Crippen molar-refractivity contribution >= 4 is 5.91 Å². The van der Waals surface area contributed by atoms with Gasteiger partial charge in [-0.25, -0.2) is 4.98 Å². The zero-order valence-electron chi connectivity index (χ0n) is 13.4. The van der Waals surface area contributed by atoms with Crippen LogP contribution in [-0.2, 0) is 11.2 Å². The zero-order chi connectivity index (χ0) is 15.6. The normalized spacial score (nSPS) is 24.3. The number of rotatable bonds is 2. The van der Waals surface area contributed by atoms with Crippen LogP contribution in [0, 0.1) is 0 Å². The molecule has 2 aromatic rings. The van der Waals surface area contributed by atoms with Gasteiger partial charge in [0.05, 0.1) is 18.3 Å². The summed E-state index contributed by atoms with van der Waals surface area (Å²) in [4.78, 5) is 19.4. The van der Waals surface area contributed by atoms with Gasteiger partial charge in [-0.3, -0.25) is 4.79 Å². The van der Waals surface area contributed by atoms with E-state index >= 15 is 0 Å². The van der Waals surface area contributed by atoms with Gasteiger partial charge in [-0.2, -0.15) is 0 Å². The number of hydrogen-bond donors (Lipinski definition) is 0. The number of hydrogen-bond acceptors (Lipinski definition) is 2. The fourth-order valence-corrected chi connectivity index (χ4v) is 4.11. The van der Waals surface area contributed by atoms with Gasteiger partial charge in [0.15, 0.2) is 0 Å². The molecular weight excluding hydrogens is 286 g/mol. The Morgan fingerprint density at radius 2 is 2.09 bits per heavy atom. The van der Waals surface area contributed by atoms with Gasteiger partial charge in [0.2, 0.25) is 5.91 Å². The van der Waals surface area contributed by atoms with Crippen LogP contribution in [0.15, 0.2) is 43.0 Å². The second-order valence-corrected chi connectivity index (χ2v) is 6.73. The lowest BCUT2D eigenvalue weighted by molar-refractivity contribution is -0.134. The molecule has 4 nitrogen and oxygen atoms in total. The molecule has 0 bridgehead atoms. The smallest absolute Gasteiger partial charge is 0.230 e. The lowest BCUT2D eigenvalue weighted by Gasteiger charge is -2.36. The van der Waals surface area contributed by atoms with Gasteiger partial charge in [0.1, 0.15) is 0 Å². The van der Waals surface area contributed by atoms with Gasteiger partial charge in [-0.15, -0.1) is 0 Å². The van der Waals surface area contributed by atoms with Crippen LogP contribution >= 0.6 is 0 Å². The first-order valence-electron chi connectivity index (χ1n) is 8.67. The van der Waals surface area contributed by atoms with Gasteiger partial charge in [-0.05, 0) is 43.2 Å². The third-order valence-corrected chi connectivity index (χ3v) is 5.32. The average molecular weight is 309 g/mol. The van der Waals surface area contributed by atoms with E-state index in [-0.39, 0.29) is 5.92 Å². The standard InChI is InChI=1S/C19H23N3O/c23-19(18-9-3-6-15-5-1-2-8-17(15)18)21-11-4-7-16(13-21)22-12-10-20-14-22/h1-2,5,8,10,12,14,16,18H,3-4,6-7,9,11,13H2/t16-,18+/m1/s1. The summed E-state index contributed by atoms with van der Waals surface area (Å²) in [5, 5.41) is 0. The number of aryl methyl sites for hydroxylation is 1. The number of carbonyl (C=O) groups excluding carboxylic acids is 1. The molecule has 0 unspecified atom stereocenters. The number of imidazole rings is 1. The highest BCUT2D eigenvalue weighted by molar-refractivity contribution is 5.84. The van der Waals surface area contributed by atoms with Gasteiger partial charge in [0.25, 0.3) is 0 Å². The number of amides is 1. The van der Waals surface area contributed by atoms with Crippen LogP contribution in [0.5, 0.6) is 0 Å². The highest BCUT2D eigenvalue weighted by Crippen LogP contribution is 2.34. The van der Waals surface area contributed by atoms with Crippen LogP contribution in [0.2, 0.25) is 0 Å². The van der Waals surface area contributed by atoms with E-state index in [1.807, 2.05) is 18.7 Å². The molecule has 120 valence electrons. The maximum Gasteiger partial charge on any atom is 0.230 e. The summed E-state index contributed by atoms with van der Waals surface area (Å²) in [5.74, 6) is 0.378. The van der Waals surface area contributed by atoms with Crippen LogP contribution in [0.3, 0.4) is 0 Å². The summed E-state index contributed by atoms with van der Waals surface area (Å²) < 4.78 is 2.15. The molecule has 0 saturated carbocycles. The quantitative estimate of drug-likeness (QED) is 0.854. The predicted octanol–water partition coefficient (Wildman–Crippen LogP) is 3.17. The molecule has 1 fully saturated rings. The van der Waals surface area contributed by atoms with E-state index in [1.165, 1.54) is 11.1 Å². The van der Waals surface area contributed by atoms with Crippen molar-refractivity contribution in [1.29, 1.82) is 0 Å². The molecule has 2 aliphatic rings. The van der Waals surface area contributed by atoms with Crippen LogP contribution in [-0.4, -0.2) is 33.4 Å². The Morgan fingerprint density at radius 3 is 2.96 bits per heavy atom. The predicted molar refractivity (Wildman–Crippen MR) is 89.2 cm³/mol. The molecule has 4 rings (SSSR count). The second kappa shape index (κ2) is 6.19. The summed E-state index contributed by atoms with van der Waals surface area (Å²) in [6.45, 7) is 1.70. The van der Waals surface area contributed by atoms with Gasteiger partial charge in [0, 0.05) is 25.5 Å². The number of piperidine rings is 1. The van der Waals surface area contributed by atoms with Crippen molar-refractivity contribution in [2.24, 2.45) is 0 Å². The molecule has 0 radical (unpaired) electrons. The molecule has 1 aliphatic heterocycles. The maximum atomic E-state index is 13.1. The Morgan fingerprint density at radius 1 is 1.17 bits per heavy atom. The Hall–Kier alpha value is -2.10. The lowest BCUT2D eigenvalue weighted by Crippen LogP contribution is -2.43. The fraction of sp³-hybridized carbons (Fsp3) is 0.474. The minimum Gasteiger partial charge on any atom is -0.340 e. The molecule has 1 aliphatic carbocycles. The third-order valence-electron chi connectivity index (χ3n) is 5.32. The highest BCUT2D eigenvalue weighted by atomic mass is 16.2. The van der Waals surface area contributed by atoms with Gasteiger partial charge < -0.3 is 9.47 Å². The molecule has 1 amide bonds. The van der Waals surface area contributed by atoms with Crippen LogP contribution in [0.1, 0.15) is 48.8 Å². The molecule has 1 saturated heterocycles. The van der Waals surface area contributed by atoms with E-state index in [0.29, 0.717) is 11.9 Å². The van der Waals surface area contributed by atoms with Crippen LogP contribution in [0.25, 0.3) is 0 Å². The number of carbonyl (C=O) groups is 1. The fourth-order valence-electron chi connectivity index (χ4n) is 4.11. The molecular formula is C19H23N3O. The van der Waals surface area contributed by atoms with E-state index in [9.17, 15) is 4.79 Å². The zero-order valence-corrected chi connectivity index (χ0v) is 13.4. The minimum atomic E-state index is 0.0569. The Balaban J connectivity index is 1.53. The first kappa shape index (κ1) is 14.5. The average Bonchev–Trinajstić information content (AvgIpc) is 3.15. The number of benzene rings is 1. The van der Waals surface area contributed by atoms with Crippen LogP contribution < -0.4 is 0 Å². The first-order chi connectivity index (χ1) is 11.3. The highest BCUT2D eigenvalue weighted by Gasteiger charge is 2.32. The summed E-state index contributed by atoms with van der Waals surface area (Å²) in [7, 11) is 0. The lowest BCUT2D eigenvalue weighted by atomic mass is 9.81. The van der Waals surface area contributed by atoms with Crippen molar-refractivity contribution in [2.75, 3.05) is 13.1 Å². The Bertz CT molecular complexity index is 680. The molecule has 23 heavy (non-hydrogen) atoms. The summed E-state index contributed by atoms with van der Waals surface area (Å²) in [6, 6.07) is 8.85. The van der Waals surface area contributed by atoms with Crippen molar-refractivity contribution in [3.8, 4) is 0 Å². The third kappa shape index (κ3) is 2.78. The van der Waals surface area contributed by atoms with E-state index in [1.54, 1.807) is 0 Å². The summed E-state index contributed by atoms with van der Waals surface area (Å²) in [6.07, 6.45) is 11.1. The number of nitrogens with zero attached hydrogens (tertiary/aromatic N) is 3. The van der Waals surface area contributed by atoms with E-state index < -0.39 is 0 Å². The largest absolute Gasteiger partial charge is 0.340 e. The molecule has 0 spiro atoms. The Kier molecular flexibility index (Phi) is 3.90. The number of likely N-dealkylation sites (tertiary alicyclic amines) is 1. The molecule has 4 heteroatoms. The number of aromatic nitrogens is 2. The van der Waals surface area contributed by atoms with Crippen molar-refractivity contribution < 1.29 is 4.79 Å². The monoisotopic (exact) mass is 309 g/mol. The summed E-state index contributed by atoms with van der Waals surface area (Å²) in [5.41, 5.74) is 2.62. The Labute approximate surface area is 137 Å². The molecule has 2 atom stereocenters. The molecule has 1 aromatic heterocycles. The SMILES string of the molecule is O=C([C@H]1CCCc2ccccc21)N1CCC[C@@H](n2ccnc2)C1. The maximum absolute atomic E-state index is 13.1. The van der Waals surface area contributed by atoms with Crippen molar-refractivity contribution in [1.82, 2.24) is 14.5 Å². The summed E-state index contributed by atoms with van der Waals surface area (Å²) >= 11 is 0. The van der Waals surface area contributed by atoms with Crippen molar-refractivity contribution in [2.45, 2.75) is 44.1 Å². The van der Waals surface area contributed by atoms with E-state index in [4.69, 9.17) is 0 Å². The second-order valence-electron chi connectivity index (χ2n) is 6.73. The first-order valence-corrected chi connectivity index (χ1v) is 8.67. The van der Waals surface area contributed by atoms with Gasteiger partial charge in [-0.1, -0.05) is 24.3 Å². The number of fused-ring (bicyclic) bond motifs is 1.